The summed E-state index contributed by atoms with van der Waals surface area (Å²) in [5, 5.41) is 11.8. The first-order valence-electron chi connectivity index (χ1n) is 7.00. The van der Waals surface area contributed by atoms with Gasteiger partial charge in [-0.2, -0.15) is 0 Å². The second-order valence-corrected chi connectivity index (χ2v) is 6.36. The van der Waals surface area contributed by atoms with E-state index in [1.54, 1.807) is 36.4 Å². The minimum Gasteiger partial charge on any atom is -0.335 e. The summed E-state index contributed by atoms with van der Waals surface area (Å²) in [4.78, 5) is 29.2. The molecule has 0 aliphatic rings. The van der Waals surface area contributed by atoms with Crippen LogP contribution in [0.25, 0.3) is 6.08 Å². The Morgan fingerprint density at radius 2 is 2.22 bits per heavy atom. The fraction of sp³-hybridized carbons (Fsp3) is 0.250. The summed E-state index contributed by atoms with van der Waals surface area (Å²) in [5.74, 6) is -0.171. The van der Waals surface area contributed by atoms with Gasteiger partial charge in [-0.25, -0.2) is 4.98 Å². The Hall–Kier alpha value is -2.54. The van der Waals surface area contributed by atoms with Crippen molar-refractivity contribution in [2.45, 2.75) is 19.9 Å². The lowest BCUT2D eigenvalue weighted by atomic mass is 10.1. The smallest absolute Gasteiger partial charge is 0.269 e. The average Bonchev–Trinajstić information content (AvgIpc) is 2.96. The molecule has 0 fully saturated rings. The van der Waals surface area contributed by atoms with E-state index in [2.05, 4.69) is 4.98 Å². The number of hydrogen-bond donors (Lipinski definition) is 0. The highest BCUT2D eigenvalue weighted by Gasteiger charge is 2.17. The van der Waals surface area contributed by atoms with Crippen LogP contribution in [0, 0.1) is 17.0 Å². The number of nitro benzene ring substituents is 1. The van der Waals surface area contributed by atoms with E-state index in [0.717, 1.165) is 15.4 Å². The number of benzene rings is 1. The van der Waals surface area contributed by atoms with Gasteiger partial charge < -0.3 is 4.90 Å². The van der Waals surface area contributed by atoms with Crippen LogP contribution in [-0.2, 0) is 4.79 Å². The van der Waals surface area contributed by atoms with E-state index in [9.17, 15) is 14.9 Å². The molecule has 0 radical (unpaired) electrons. The lowest BCUT2D eigenvalue weighted by Gasteiger charge is -2.24. The molecule has 1 amide bonds. The number of carbonyl (C=O) groups excluding carboxylic acids is 1. The highest BCUT2D eigenvalue weighted by molar-refractivity contribution is 7.12. The van der Waals surface area contributed by atoms with Gasteiger partial charge in [0, 0.05) is 36.3 Å². The minimum absolute atomic E-state index is 0.0193. The van der Waals surface area contributed by atoms with Gasteiger partial charge in [-0.1, -0.05) is 12.1 Å². The summed E-state index contributed by atoms with van der Waals surface area (Å²) in [7, 11) is 1.67. The summed E-state index contributed by atoms with van der Waals surface area (Å²) in [5.41, 5.74) is 0.739. The Morgan fingerprint density at radius 1 is 1.48 bits per heavy atom. The minimum atomic E-state index is -0.440. The molecule has 0 aliphatic heterocycles. The maximum absolute atomic E-state index is 12.2. The van der Waals surface area contributed by atoms with Crippen molar-refractivity contribution in [3.8, 4) is 0 Å². The lowest BCUT2D eigenvalue weighted by molar-refractivity contribution is -0.384. The van der Waals surface area contributed by atoms with Gasteiger partial charge in [-0.15, -0.1) is 11.3 Å². The molecule has 7 heteroatoms. The fourth-order valence-electron chi connectivity index (χ4n) is 2.04. The number of amides is 1. The molecule has 1 aromatic heterocycles. The van der Waals surface area contributed by atoms with E-state index < -0.39 is 4.92 Å². The third-order valence-corrected chi connectivity index (χ3v) is 4.40. The predicted molar refractivity (Wildman–Crippen MR) is 90.2 cm³/mol. The molecule has 120 valence electrons. The van der Waals surface area contributed by atoms with Gasteiger partial charge in [0.05, 0.1) is 16.0 Å². The van der Waals surface area contributed by atoms with Crippen LogP contribution in [0.4, 0.5) is 5.69 Å². The van der Waals surface area contributed by atoms with E-state index >= 15 is 0 Å². The Balaban J connectivity index is 2.10. The monoisotopic (exact) mass is 331 g/mol. The molecule has 1 atom stereocenters. The molecule has 0 spiro atoms. The topological polar surface area (TPSA) is 76.3 Å². The first kappa shape index (κ1) is 16.8. The van der Waals surface area contributed by atoms with Crippen molar-refractivity contribution < 1.29 is 9.72 Å². The number of hydrogen-bond acceptors (Lipinski definition) is 5. The van der Waals surface area contributed by atoms with Crippen molar-refractivity contribution in [1.82, 2.24) is 9.88 Å². The first-order chi connectivity index (χ1) is 10.9. The Morgan fingerprint density at radius 3 is 2.83 bits per heavy atom. The van der Waals surface area contributed by atoms with Crippen LogP contribution in [-0.4, -0.2) is 27.8 Å². The Kier molecular flexibility index (Phi) is 5.23. The molecule has 0 N–H and O–H groups in total. The van der Waals surface area contributed by atoms with Crippen LogP contribution in [0.3, 0.4) is 0 Å². The molecule has 2 aromatic rings. The second kappa shape index (κ2) is 7.15. The van der Waals surface area contributed by atoms with Crippen LogP contribution >= 0.6 is 11.3 Å². The summed E-state index contributed by atoms with van der Waals surface area (Å²) in [6, 6.07) is 6.06. The summed E-state index contributed by atoms with van der Waals surface area (Å²) < 4.78 is 0. The third kappa shape index (κ3) is 4.23. The Bertz CT molecular complexity index is 755. The average molecular weight is 331 g/mol. The maximum Gasteiger partial charge on any atom is 0.269 e. The molecule has 1 aromatic carbocycles. The number of non-ortho nitro benzene ring substituents is 1. The zero-order chi connectivity index (χ0) is 17.0. The Labute approximate surface area is 138 Å². The SMILES string of the molecule is Cc1ncc(/C=C/C(=O)N(C)C(C)c2cccc([N+](=O)[O-])c2)s1. The quantitative estimate of drug-likeness (QED) is 0.476. The van der Waals surface area contributed by atoms with Crippen LogP contribution in [0.1, 0.15) is 28.4 Å². The van der Waals surface area contributed by atoms with E-state index in [1.165, 1.54) is 29.5 Å². The highest BCUT2D eigenvalue weighted by Crippen LogP contribution is 2.23. The van der Waals surface area contributed by atoms with Gasteiger partial charge in [0.25, 0.3) is 5.69 Å². The van der Waals surface area contributed by atoms with Gasteiger partial charge in [0.15, 0.2) is 0 Å². The zero-order valence-corrected chi connectivity index (χ0v) is 13.9. The molecule has 0 aliphatic carbocycles. The van der Waals surface area contributed by atoms with Crippen molar-refractivity contribution >= 4 is 29.0 Å². The lowest BCUT2D eigenvalue weighted by Crippen LogP contribution is -2.28. The number of nitrogens with zero attached hydrogens (tertiary/aromatic N) is 3. The second-order valence-electron chi connectivity index (χ2n) is 5.09. The molecular formula is C16H17N3O3S. The summed E-state index contributed by atoms with van der Waals surface area (Å²) in [6.45, 7) is 3.74. The van der Waals surface area contributed by atoms with E-state index in [-0.39, 0.29) is 17.6 Å². The molecule has 0 bridgehead atoms. The molecule has 23 heavy (non-hydrogen) atoms. The van der Waals surface area contributed by atoms with Crippen LogP contribution in [0.15, 0.2) is 36.5 Å². The van der Waals surface area contributed by atoms with Crippen molar-refractivity contribution in [2.24, 2.45) is 0 Å². The summed E-state index contributed by atoms with van der Waals surface area (Å²) in [6.07, 6.45) is 4.93. The predicted octanol–water partition coefficient (Wildman–Crippen LogP) is 3.59. The number of rotatable bonds is 5. The largest absolute Gasteiger partial charge is 0.335 e. The number of carbonyl (C=O) groups is 1. The number of thiazole rings is 1. The number of aromatic nitrogens is 1. The van der Waals surface area contributed by atoms with Gasteiger partial charge >= 0.3 is 0 Å². The van der Waals surface area contributed by atoms with Crippen LogP contribution < -0.4 is 0 Å². The van der Waals surface area contributed by atoms with E-state index in [0.29, 0.717) is 0 Å². The zero-order valence-electron chi connectivity index (χ0n) is 13.1. The van der Waals surface area contributed by atoms with Crippen molar-refractivity contribution in [3.05, 3.63) is 62.1 Å². The number of aryl methyl sites for hydroxylation is 1. The molecule has 6 nitrogen and oxygen atoms in total. The normalized spacial score (nSPS) is 12.3. The van der Waals surface area contributed by atoms with Crippen molar-refractivity contribution in [3.63, 3.8) is 0 Å². The van der Waals surface area contributed by atoms with E-state index in [4.69, 9.17) is 0 Å². The molecular weight excluding hydrogens is 314 g/mol. The molecule has 1 unspecified atom stereocenters. The number of nitro groups is 1. The van der Waals surface area contributed by atoms with Crippen molar-refractivity contribution in [1.29, 1.82) is 0 Å². The van der Waals surface area contributed by atoms with Gasteiger partial charge in [0.2, 0.25) is 5.91 Å². The standard InChI is InChI=1S/C16H17N3O3S/c1-11(13-5-4-6-14(9-13)19(21)22)18(3)16(20)8-7-15-10-17-12(2)23-15/h4-11H,1-3H3/b8-7+. The van der Waals surface area contributed by atoms with Gasteiger partial charge in [-0.3, -0.25) is 14.9 Å². The maximum atomic E-state index is 12.2. The van der Waals surface area contributed by atoms with Gasteiger partial charge in [-0.05, 0) is 25.5 Å². The molecule has 0 saturated heterocycles. The molecule has 0 saturated carbocycles. The molecule has 2 rings (SSSR count). The van der Waals surface area contributed by atoms with Crippen LogP contribution in [0.2, 0.25) is 0 Å². The van der Waals surface area contributed by atoms with E-state index in [1.807, 2.05) is 13.8 Å². The fourth-order valence-corrected chi connectivity index (χ4v) is 2.73. The highest BCUT2D eigenvalue weighted by atomic mass is 32.1. The molecule has 1 heterocycles. The van der Waals surface area contributed by atoms with Gasteiger partial charge in [0.1, 0.15) is 0 Å². The summed E-state index contributed by atoms with van der Waals surface area (Å²) >= 11 is 1.51. The van der Waals surface area contributed by atoms with Crippen molar-refractivity contribution in [2.75, 3.05) is 7.05 Å². The number of likely N-dealkylation sites (N-methyl/N-ethyl adjacent to an activating group) is 1. The third-order valence-electron chi connectivity index (χ3n) is 3.52. The first-order valence-corrected chi connectivity index (χ1v) is 7.82. The van der Waals surface area contributed by atoms with Crippen LogP contribution in [0.5, 0.6) is 0 Å².